The van der Waals surface area contributed by atoms with Crippen molar-refractivity contribution in [3.63, 3.8) is 0 Å². The highest BCUT2D eigenvalue weighted by atomic mass is 19.1. The Balaban J connectivity index is 2.22. The minimum atomic E-state index is -0.704. The molecule has 0 aromatic heterocycles. The number of ether oxygens (including phenoxy) is 2. The fourth-order valence-electron chi connectivity index (χ4n) is 2.40. The molecule has 0 unspecified atom stereocenters. The van der Waals surface area contributed by atoms with Crippen LogP contribution in [0.3, 0.4) is 0 Å². The fourth-order valence-corrected chi connectivity index (χ4v) is 2.40. The predicted molar refractivity (Wildman–Crippen MR) is 89.1 cm³/mol. The zero-order chi connectivity index (χ0) is 17.7. The van der Waals surface area contributed by atoms with E-state index >= 15 is 0 Å². The maximum absolute atomic E-state index is 14.5. The highest BCUT2D eigenvalue weighted by Crippen LogP contribution is 2.26. The molecule has 1 aromatic rings. The van der Waals surface area contributed by atoms with E-state index in [1.54, 1.807) is 32.9 Å². The van der Waals surface area contributed by atoms with Crippen LogP contribution in [-0.2, 0) is 14.3 Å². The van der Waals surface area contributed by atoms with Gasteiger partial charge in [0.05, 0.1) is 31.1 Å². The van der Waals surface area contributed by atoms with E-state index in [1.807, 2.05) is 4.90 Å². The number of nitrogens with zero attached hydrogens (tertiary/aromatic N) is 2. The first-order chi connectivity index (χ1) is 11.3. The summed E-state index contributed by atoms with van der Waals surface area (Å²) < 4.78 is 25.0. The number of anilines is 2. The molecule has 0 radical (unpaired) electrons. The molecule has 1 amide bonds. The van der Waals surface area contributed by atoms with E-state index in [2.05, 4.69) is 0 Å². The average molecular weight is 338 g/mol. The number of rotatable bonds is 4. The van der Waals surface area contributed by atoms with E-state index in [0.29, 0.717) is 38.3 Å². The van der Waals surface area contributed by atoms with Crippen LogP contribution < -0.4 is 9.80 Å². The van der Waals surface area contributed by atoms with Crippen molar-refractivity contribution >= 4 is 23.8 Å². The number of carbonyl (C=O) groups excluding carboxylic acids is 2. The lowest BCUT2D eigenvalue weighted by Gasteiger charge is -2.30. The van der Waals surface area contributed by atoms with Crippen LogP contribution in [-0.4, -0.2) is 50.8 Å². The Labute approximate surface area is 141 Å². The van der Waals surface area contributed by atoms with Crippen LogP contribution in [0.25, 0.3) is 0 Å². The molecule has 0 N–H and O–H groups in total. The average Bonchev–Trinajstić information content (AvgIpc) is 2.51. The van der Waals surface area contributed by atoms with Crippen molar-refractivity contribution in [2.24, 2.45) is 0 Å². The van der Waals surface area contributed by atoms with Gasteiger partial charge in [-0.2, -0.15) is 0 Å². The van der Waals surface area contributed by atoms with E-state index in [0.717, 1.165) is 4.90 Å². The summed E-state index contributed by atoms with van der Waals surface area (Å²) in [5.74, 6) is -0.450. The quantitative estimate of drug-likeness (QED) is 0.790. The van der Waals surface area contributed by atoms with Crippen molar-refractivity contribution in [2.45, 2.75) is 26.4 Å². The highest BCUT2D eigenvalue weighted by Gasteiger charge is 2.24. The third kappa shape index (κ3) is 4.67. The van der Waals surface area contributed by atoms with Crippen LogP contribution in [0.5, 0.6) is 0 Å². The largest absolute Gasteiger partial charge is 0.443 e. The molecule has 0 atom stereocenters. The Morgan fingerprint density at radius 3 is 2.58 bits per heavy atom. The summed E-state index contributed by atoms with van der Waals surface area (Å²) >= 11 is 0. The smallest absolute Gasteiger partial charge is 0.415 e. The van der Waals surface area contributed by atoms with Gasteiger partial charge in [-0.05, 0) is 39.0 Å². The van der Waals surface area contributed by atoms with Gasteiger partial charge >= 0.3 is 6.09 Å². The van der Waals surface area contributed by atoms with Gasteiger partial charge in [0.25, 0.3) is 0 Å². The number of amides is 1. The summed E-state index contributed by atoms with van der Waals surface area (Å²) in [6.45, 7) is 7.31. The molecule has 0 spiro atoms. The number of hydrogen-bond donors (Lipinski definition) is 0. The summed E-state index contributed by atoms with van der Waals surface area (Å²) in [6.07, 6.45) is -0.106. The highest BCUT2D eigenvalue weighted by molar-refractivity contribution is 5.91. The van der Waals surface area contributed by atoms with Gasteiger partial charge in [0, 0.05) is 13.1 Å². The lowest BCUT2D eigenvalue weighted by Crippen LogP contribution is -2.38. The van der Waals surface area contributed by atoms with Crippen molar-refractivity contribution in [1.82, 2.24) is 0 Å². The molecule has 2 rings (SSSR count). The minimum absolute atomic E-state index is 0.203. The van der Waals surface area contributed by atoms with Gasteiger partial charge in [-0.3, -0.25) is 4.90 Å². The third-order valence-electron chi connectivity index (χ3n) is 3.47. The van der Waals surface area contributed by atoms with Crippen LogP contribution in [0.1, 0.15) is 20.8 Å². The van der Waals surface area contributed by atoms with Gasteiger partial charge in [-0.15, -0.1) is 0 Å². The second-order valence-corrected chi connectivity index (χ2v) is 6.49. The molecule has 7 heteroatoms. The zero-order valence-corrected chi connectivity index (χ0v) is 14.3. The van der Waals surface area contributed by atoms with Gasteiger partial charge in [-0.1, -0.05) is 0 Å². The fraction of sp³-hybridized carbons (Fsp3) is 0.529. The van der Waals surface area contributed by atoms with Crippen molar-refractivity contribution in [1.29, 1.82) is 0 Å². The second-order valence-electron chi connectivity index (χ2n) is 6.49. The molecule has 0 bridgehead atoms. The van der Waals surface area contributed by atoms with Gasteiger partial charge in [0.15, 0.2) is 0 Å². The zero-order valence-electron chi connectivity index (χ0n) is 14.3. The number of aldehydes is 1. The van der Waals surface area contributed by atoms with Gasteiger partial charge in [0.1, 0.15) is 17.7 Å². The number of hydrogen-bond acceptors (Lipinski definition) is 5. The summed E-state index contributed by atoms with van der Waals surface area (Å²) in [5, 5.41) is 0. The first-order valence-corrected chi connectivity index (χ1v) is 7.88. The van der Waals surface area contributed by atoms with E-state index < -0.39 is 17.5 Å². The topological polar surface area (TPSA) is 59.1 Å². The van der Waals surface area contributed by atoms with Crippen molar-refractivity contribution in [3.05, 3.63) is 24.0 Å². The third-order valence-corrected chi connectivity index (χ3v) is 3.47. The lowest BCUT2D eigenvalue weighted by atomic mass is 10.2. The Kier molecular flexibility index (Phi) is 5.77. The number of benzene rings is 1. The number of halogens is 1. The van der Waals surface area contributed by atoms with Gasteiger partial charge < -0.3 is 19.2 Å². The van der Waals surface area contributed by atoms with E-state index in [9.17, 15) is 14.0 Å². The normalized spacial score (nSPS) is 15.1. The molecular weight excluding hydrogens is 315 g/mol. The van der Waals surface area contributed by atoms with Gasteiger partial charge in [0.2, 0.25) is 0 Å². The molecule has 24 heavy (non-hydrogen) atoms. The Bertz CT molecular complexity index is 595. The summed E-state index contributed by atoms with van der Waals surface area (Å²) in [6, 6.07) is 4.47. The Morgan fingerprint density at radius 2 is 2.04 bits per heavy atom. The Hall–Kier alpha value is -2.15. The maximum atomic E-state index is 14.5. The van der Waals surface area contributed by atoms with Gasteiger partial charge in [-0.25, -0.2) is 9.18 Å². The second kappa shape index (κ2) is 7.61. The number of morpholine rings is 1. The molecule has 6 nitrogen and oxygen atoms in total. The molecule has 0 saturated carbocycles. The SMILES string of the molecule is CC(C)(C)OC(=O)N(CC=O)c1ccc(N2CCOCC2)c(F)c1. The lowest BCUT2D eigenvalue weighted by molar-refractivity contribution is -0.106. The summed E-state index contributed by atoms with van der Waals surface area (Å²) in [7, 11) is 0. The molecule has 1 fully saturated rings. The van der Waals surface area contributed by atoms with Crippen molar-refractivity contribution < 1.29 is 23.5 Å². The van der Waals surface area contributed by atoms with Crippen molar-refractivity contribution in [2.75, 3.05) is 42.6 Å². The van der Waals surface area contributed by atoms with E-state index in [1.165, 1.54) is 6.07 Å². The molecule has 1 heterocycles. The van der Waals surface area contributed by atoms with E-state index in [4.69, 9.17) is 9.47 Å². The first-order valence-electron chi connectivity index (χ1n) is 7.88. The molecular formula is C17H23FN2O4. The van der Waals surface area contributed by atoms with Crippen LogP contribution in [0, 0.1) is 5.82 Å². The van der Waals surface area contributed by atoms with Crippen LogP contribution in [0.15, 0.2) is 18.2 Å². The summed E-state index contributed by atoms with van der Waals surface area (Å²) in [5.41, 5.74) is 0.0352. The number of carbonyl (C=O) groups is 2. The predicted octanol–water partition coefficient (Wildman–Crippen LogP) is 2.60. The monoisotopic (exact) mass is 338 g/mol. The molecule has 0 aliphatic carbocycles. The van der Waals surface area contributed by atoms with Crippen molar-refractivity contribution in [3.8, 4) is 0 Å². The standard InChI is InChI=1S/C17H23FN2O4/c1-17(2,3)24-16(22)20(6-9-21)13-4-5-15(14(18)12-13)19-7-10-23-11-8-19/h4-5,9,12H,6-8,10-11H2,1-3H3. The molecule has 1 aliphatic heterocycles. The molecule has 1 aliphatic rings. The van der Waals surface area contributed by atoms with Crippen LogP contribution >= 0.6 is 0 Å². The molecule has 1 saturated heterocycles. The maximum Gasteiger partial charge on any atom is 0.415 e. The van der Waals surface area contributed by atoms with Crippen LogP contribution in [0.4, 0.5) is 20.6 Å². The first kappa shape index (κ1) is 18.2. The van der Waals surface area contributed by atoms with E-state index in [-0.39, 0.29) is 12.2 Å². The van der Waals surface area contributed by atoms with Crippen LogP contribution in [0.2, 0.25) is 0 Å². The minimum Gasteiger partial charge on any atom is -0.443 e. The summed E-state index contributed by atoms with van der Waals surface area (Å²) in [4.78, 5) is 26.1. The molecule has 1 aromatic carbocycles. The Morgan fingerprint density at radius 1 is 1.38 bits per heavy atom. The molecule has 132 valence electrons.